The number of ether oxygens (including phenoxy) is 1. The Balaban J connectivity index is 3.31. The maximum Gasteiger partial charge on any atom is 0.302 e. The maximum atomic E-state index is 11.0. The van der Waals surface area contributed by atoms with Crippen molar-refractivity contribution in [2.75, 3.05) is 6.61 Å². The van der Waals surface area contributed by atoms with Gasteiger partial charge in [0.25, 0.3) is 0 Å². The molecule has 0 spiro atoms. The summed E-state index contributed by atoms with van der Waals surface area (Å²) in [7, 11) is 0. The standard InChI is InChI=1S/C30H56O3/c1-3-4-5-6-7-8-9-10-11-12-13-14-15-16-17-18-19-20-21-22-23-24-25-26-30(27-28-31)33-29(2)32/h10-11,18-19,30-31H,3-9,12-17,20-28H2,1-2H3/b11-10-,19-18-/t30-/m1/s1. The first kappa shape index (κ1) is 31.9. The summed E-state index contributed by atoms with van der Waals surface area (Å²) in [6.07, 6.45) is 35.6. The van der Waals surface area contributed by atoms with Gasteiger partial charge in [0.1, 0.15) is 6.10 Å². The van der Waals surface area contributed by atoms with E-state index in [4.69, 9.17) is 9.84 Å². The van der Waals surface area contributed by atoms with E-state index in [1.165, 1.54) is 122 Å². The van der Waals surface area contributed by atoms with Crippen molar-refractivity contribution >= 4 is 5.97 Å². The van der Waals surface area contributed by atoms with E-state index in [9.17, 15) is 4.79 Å². The molecule has 0 bridgehead atoms. The van der Waals surface area contributed by atoms with Crippen molar-refractivity contribution in [3.05, 3.63) is 24.3 Å². The second-order valence-electron chi connectivity index (χ2n) is 9.58. The smallest absolute Gasteiger partial charge is 0.302 e. The van der Waals surface area contributed by atoms with Gasteiger partial charge in [0, 0.05) is 20.0 Å². The van der Waals surface area contributed by atoms with Gasteiger partial charge in [-0.1, -0.05) is 95.4 Å². The quantitative estimate of drug-likeness (QED) is 0.0831. The highest BCUT2D eigenvalue weighted by atomic mass is 16.5. The number of aliphatic hydroxyl groups is 1. The van der Waals surface area contributed by atoms with E-state index in [0.29, 0.717) is 6.42 Å². The Morgan fingerprint density at radius 2 is 1.03 bits per heavy atom. The van der Waals surface area contributed by atoms with E-state index in [1.807, 2.05) is 0 Å². The average molecular weight is 465 g/mol. The van der Waals surface area contributed by atoms with Crippen LogP contribution >= 0.6 is 0 Å². The molecule has 33 heavy (non-hydrogen) atoms. The molecule has 3 heteroatoms. The van der Waals surface area contributed by atoms with Crippen molar-refractivity contribution in [1.82, 2.24) is 0 Å². The van der Waals surface area contributed by atoms with Crippen LogP contribution in [0.5, 0.6) is 0 Å². The largest absolute Gasteiger partial charge is 0.462 e. The van der Waals surface area contributed by atoms with Crippen LogP contribution in [0, 0.1) is 0 Å². The van der Waals surface area contributed by atoms with Gasteiger partial charge in [-0.3, -0.25) is 4.79 Å². The topological polar surface area (TPSA) is 46.5 Å². The van der Waals surface area contributed by atoms with E-state index in [0.717, 1.165) is 12.8 Å². The number of hydrogen-bond donors (Lipinski definition) is 1. The van der Waals surface area contributed by atoms with Gasteiger partial charge in [0.2, 0.25) is 0 Å². The van der Waals surface area contributed by atoms with Gasteiger partial charge in [0.15, 0.2) is 0 Å². The monoisotopic (exact) mass is 464 g/mol. The first-order valence-electron chi connectivity index (χ1n) is 14.3. The van der Waals surface area contributed by atoms with Gasteiger partial charge < -0.3 is 9.84 Å². The molecule has 1 atom stereocenters. The SMILES string of the molecule is CCCCCCCC/C=C\CCCCCC/C=C\CCCCCCC[C@H](CCO)OC(C)=O. The molecule has 1 N–H and O–H groups in total. The van der Waals surface area contributed by atoms with Crippen LogP contribution in [-0.2, 0) is 9.53 Å². The van der Waals surface area contributed by atoms with E-state index in [2.05, 4.69) is 31.2 Å². The summed E-state index contributed by atoms with van der Waals surface area (Å²) in [6.45, 7) is 3.80. The highest BCUT2D eigenvalue weighted by molar-refractivity contribution is 5.66. The third-order valence-corrected chi connectivity index (χ3v) is 6.23. The van der Waals surface area contributed by atoms with Gasteiger partial charge in [-0.05, 0) is 64.2 Å². The van der Waals surface area contributed by atoms with Crippen molar-refractivity contribution in [1.29, 1.82) is 0 Å². The van der Waals surface area contributed by atoms with Crippen LogP contribution in [-0.4, -0.2) is 23.8 Å². The van der Waals surface area contributed by atoms with E-state index in [-0.39, 0.29) is 18.7 Å². The number of unbranched alkanes of at least 4 members (excludes halogenated alkanes) is 16. The molecule has 0 aliphatic heterocycles. The minimum atomic E-state index is -0.244. The van der Waals surface area contributed by atoms with Crippen LogP contribution < -0.4 is 0 Å². The van der Waals surface area contributed by atoms with Gasteiger partial charge in [0.05, 0.1) is 0 Å². The molecule has 0 amide bonds. The molecule has 0 aromatic carbocycles. The molecule has 0 unspecified atom stereocenters. The van der Waals surface area contributed by atoms with Crippen LogP contribution in [0.15, 0.2) is 24.3 Å². The lowest BCUT2D eigenvalue weighted by Crippen LogP contribution is -2.17. The fourth-order valence-electron chi connectivity index (χ4n) is 4.20. The zero-order valence-electron chi connectivity index (χ0n) is 22.2. The Morgan fingerprint density at radius 1 is 0.636 bits per heavy atom. The number of carbonyl (C=O) groups excluding carboxylic acids is 1. The molecule has 0 saturated heterocycles. The zero-order chi connectivity index (χ0) is 24.2. The van der Waals surface area contributed by atoms with Crippen LogP contribution in [0.25, 0.3) is 0 Å². The van der Waals surface area contributed by atoms with Crippen molar-refractivity contribution in [2.24, 2.45) is 0 Å². The fraction of sp³-hybridized carbons (Fsp3) is 0.833. The molecular weight excluding hydrogens is 408 g/mol. The highest BCUT2D eigenvalue weighted by Crippen LogP contribution is 2.14. The van der Waals surface area contributed by atoms with E-state index < -0.39 is 0 Å². The normalized spacial score (nSPS) is 12.7. The zero-order valence-corrected chi connectivity index (χ0v) is 22.2. The molecule has 0 fully saturated rings. The summed E-state index contributed by atoms with van der Waals surface area (Å²) in [5.41, 5.74) is 0. The minimum absolute atomic E-state index is 0.0843. The predicted octanol–water partition coefficient (Wildman–Crippen LogP) is 9.23. The number of allylic oxidation sites excluding steroid dienone is 4. The summed E-state index contributed by atoms with van der Waals surface area (Å²) in [5.74, 6) is -0.244. The molecule has 0 aliphatic carbocycles. The van der Waals surface area contributed by atoms with Gasteiger partial charge in [-0.25, -0.2) is 0 Å². The number of hydrogen-bond acceptors (Lipinski definition) is 3. The molecule has 0 aromatic rings. The molecule has 0 radical (unpaired) electrons. The van der Waals surface area contributed by atoms with Gasteiger partial charge in [-0.2, -0.15) is 0 Å². The third kappa shape index (κ3) is 27.0. The highest BCUT2D eigenvalue weighted by Gasteiger charge is 2.10. The van der Waals surface area contributed by atoms with Crippen LogP contribution in [0.2, 0.25) is 0 Å². The number of carbonyl (C=O) groups is 1. The van der Waals surface area contributed by atoms with Crippen molar-refractivity contribution < 1.29 is 14.6 Å². The lowest BCUT2D eigenvalue weighted by atomic mass is 10.0. The first-order valence-corrected chi connectivity index (χ1v) is 14.3. The molecule has 194 valence electrons. The lowest BCUT2D eigenvalue weighted by molar-refractivity contribution is -0.147. The van der Waals surface area contributed by atoms with Gasteiger partial charge in [-0.15, -0.1) is 0 Å². The molecule has 0 heterocycles. The van der Waals surface area contributed by atoms with E-state index in [1.54, 1.807) is 0 Å². The summed E-state index contributed by atoms with van der Waals surface area (Å²) in [4.78, 5) is 11.0. The van der Waals surface area contributed by atoms with Crippen molar-refractivity contribution in [2.45, 2.75) is 155 Å². The molecule has 0 aromatic heterocycles. The Morgan fingerprint density at radius 3 is 1.42 bits per heavy atom. The summed E-state index contributed by atoms with van der Waals surface area (Å²) >= 11 is 0. The predicted molar refractivity (Wildman–Crippen MR) is 144 cm³/mol. The average Bonchev–Trinajstić information content (AvgIpc) is 2.79. The number of rotatable bonds is 25. The molecule has 0 rings (SSSR count). The molecule has 0 saturated carbocycles. The first-order chi connectivity index (χ1) is 16.2. The van der Waals surface area contributed by atoms with Crippen molar-refractivity contribution in [3.63, 3.8) is 0 Å². The summed E-state index contributed by atoms with van der Waals surface area (Å²) in [6, 6.07) is 0. The fourth-order valence-corrected chi connectivity index (χ4v) is 4.20. The number of aliphatic hydroxyl groups excluding tert-OH is 1. The second kappa shape index (κ2) is 27.2. The molecule has 0 aliphatic rings. The minimum Gasteiger partial charge on any atom is -0.462 e. The maximum absolute atomic E-state index is 11.0. The lowest BCUT2D eigenvalue weighted by Gasteiger charge is -2.15. The third-order valence-electron chi connectivity index (χ3n) is 6.23. The number of esters is 1. The molecule has 3 nitrogen and oxygen atoms in total. The second-order valence-corrected chi connectivity index (χ2v) is 9.58. The van der Waals surface area contributed by atoms with Crippen LogP contribution in [0.4, 0.5) is 0 Å². The van der Waals surface area contributed by atoms with Crippen molar-refractivity contribution in [3.8, 4) is 0 Å². The Labute approximate surface area is 206 Å². The summed E-state index contributed by atoms with van der Waals surface area (Å²) in [5, 5.41) is 9.03. The molecular formula is C30H56O3. The van der Waals surface area contributed by atoms with Gasteiger partial charge >= 0.3 is 5.97 Å². The summed E-state index contributed by atoms with van der Waals surface area (Å²) < 4.78 is 5.23. The van der Waals surface area contributed by atoms with Crippen LogP contribution in [0.1, 0.15) is 149 Å². The Hall–Kier alpha value is -1.09. The van der Waals surface area contributed by atoms with Crippen LogP contribution in [0.3, 0.4) is 0 Å². The Bertz CT molecular complexity index is 455. The Kier molecular flexibility index (Phi) is 26.3. The van der Waals surface area contributed by atoms with E-state index >= 15 is 0 Å².